The van der Waals surface area contributed by atoms with Gasteiger partial charge in [0.2, 0.25) is 0 Å². The zero-order valence-corrected chi connectivity index (χ0v) is 15.4. The zero-order valence-electron chi connectivity index (χ0n) is 13.8. The van der Waals surface area contributed by atoms with Crippen molar-refractivity contribution in [2.45, 2.75) is 11.8 Å². The van der Waals surface area contributed by atoms with E-state index in [9.17, 15) is 31.1 Å². The third kappa shape index (κ3) is 3.66. The summed E-state index contributed by atoms with van der Waals surface area (Å²) in [5.41, 5.74) is -0.228. The van der Waals surface area contributed by atoms with Gasteiger partial charge >= 0.3 is 10.2 Å². The van der Waals surface area contributed by atoms with Crippen molar-refractivity contribution in [3.05, 3.63) is 47.8 Å². The molecule has 0 bridgehead atoms. The fraction of sp³-hybridized carbons (Fsp3) is 0.133. The molecule has 1 amide bonds. The summed E-state index contributed by atoms with van der Waals surface area (Å²) in [6.45, 7) is 1.07. The summed E-state index contributed by atoms with van der Waals surface area (Å²) >= 11 is 0. The molecule has 0 unspecified atom stereocenters. The Bertz CT molecular complexity index is 1110. The first kappa shape index (κ1) is 18.9. The lowest BCUT2D eigenvalue weighted by Gasteiger charge is -2.18. The van der Waals surface area contributed by atoms with Crippen molar-refractivity contribution < 1.29 is 31.1 Å². The number of hydrogen-bond donors (Lipinski definition) is 3. The molecule has 2 aromatic rings. The van der Waals surface area contributed by atoms with E-state index in [4.69, 9.17) is 0 Å². The monoisotopic (exact) mass is 415 g/mol. The number of anilines is 2. The number of aromatic hydroxyl groups is 1. The van der Waals surface area contributed by atoms with Gasteiger partial charge in [-0.1, -0.05) is 17.7 Å². The Balaban J connectivity index is 1.96. The van der Waals surface area contributed by atoms with Crippen LogP contribution in [-0.4, -0.2) is 34.4 Å². The third-order valence-corrected chi connectivity index (χ3v) is 6.47. The lowest BCUT2D eigenvalue weighted by Crippen LogP contribution is -2.30. The van der Waals surface area contributed by atoms with Crippen molar-refractivity contribution in [1.82, 2.24) is 4.72 Å². The van der Waals surface area contributed by atoms with Crippen molar-refractivity contribution in [3.63, 3.8) is 0 Å². The highest BCUT2D eigenvalue weighted by molar-refractivity contribution is 7.92. The SMILES string of the molecule is Cc1ccc(S(=O)(=O)Nc2cc(O)c(N3CC(=O)NS3(=O)=O)c(F)c2)cc1. The molecule has 1 aliphatic rings. The van der Waals surface area contributed by atoms with Crippen LogP contribution in [0.3, 0.4) is 0 Å². The van der Waals surface area contributed by atoms with E-state index in [1.54, 1.807) is 23.8 Å². The van der Waals surface area contributed by atoms with E-state index >= 15 is 0 Å². The predicted molar refractivity (Wildman–Crippen MR) is 94.5 cm³/mol. The molecular formula is C15H14FN3O6S2. The molecule has 2 aromatic carbocycles. The lowest BCUT2D eigenvalue weighted by atomic mass is 10.2. The quantitative estimate of drug-likeness (QED) is 0.677. The van der Waals surface area contributed by atoms with E-state index in [-0.39, 0.29) is 10.6 Å². The van der Waals surface area contributed by atoms with Crippen molar-refractivity contribution in [2.75, 3.05) is 15.6 Å². The van der Waals surface area contributed by atoms with Crippen LogP contribution < -0.4 is 13.7 Å². The third-order valence-electron chi connectivity index (χ3n) is 3.70. The number of phenolic OH excluding ortho intramolecular Hbond substituents is 1. The first-order valence-corrected chi connectivity index (χ1v) is 10.4. The molecule has 0 radical (unpaired) electrons. The van der Waals surface area contributed by atoms with Crippen LogP contribution in [0.5, 0.6) is 5.75 Å². The Morgan fingerprint density at radius 2 is 1.85 bits per heavy atom. The number of amides is 1. The second-order valence-electron chi connectivity index (χ2n) is 5.78. The second kappa shape index (κ2) is 6.39. The summed E-state index contributed by atoms with van der Waals surface area (Å²) in [5, 5.41) is 10.0. The van der Waals surface area contributed by atoms with Crippen molar-refractivity contribution in [1.29, 1.82) is 0 Å². The van der Waals surface area contributed by atoms with Crippen LogP contribution in [0, 0.1) is 12.7 Å². The smallest absolute Gasteiger partial charge is 0.326 e. The molecule has 9 nitrogen and oxygen atoms in total. The van der Waals surface area contributed by atoms with Crippen LogP contribution in [0.1, 0.15) is 5.56 Å². The number of halogens is 1. The average molecular weight is 415 g/mol. The highest BCUT2D eigenvalue weighted by Gasteiger charge is 2.37. The van der Waals surface area contributed by atoms with Gasteiger partial charge in [0.15, 0.2) is 5.82 Å². The second-order valence-corrected chi connectivity index (χ2v) is 9.06. The lowest BCUT2D eigenvalue weighted by molar-refractivity contribution is -0.117. The van der Waals surface area contributed by atoms with Gasteiger partial charge in [-0.25, -0.2) is 21.8 Å². The topological polar surface area (TPSA) is 133 Å². The van der Waals surface area contributed by atoms with Gasteiger partial charge in [0.1, 0.15) is 18.0 Å². The summed E-state index contributed by atoms with van der Waals surface area (Å²) < 4.78 is 66.8. The summed E-state index contributed by atoms with van der Waals surface area (Å²) in [6.07, 6.45) is 0. The molecule has 0 atom stereocenters. The molecule has 1 fully saturated rings. The zero-order chi connectivity index (χ0) is 20.0. The number of aryl methyl sites for hydroxylation is 1. The van der Waals surface area contributed by atoms with E-state index in [2.05, 4.69) is 4.72 Å². The normalized spacial score (nSPS) is 16.2. The maximum atomic E-state index is 14.4. The number of sulfonamides is 1. The van der Waals surface area contributed by atoms with Gasteiger partial charge < -0.3 is 5.11 Å². The number of nitrogens with one attached hydrogen (secondary N) is 2. The first-order chi connectivity index (χ1) is 12.5. The van der Waals surface area contributed by atoms with Crippen molar-refractivity contribution in [3.8, 4) is 5.75 Å². The molecule has 1 saturated heterocycles. The fourth-order valence-electron chi connectivity index (χ4n) is 2.47. The number of carbonyl (C=O) groups excluding carboxylic acids is 1. The van der Waals surface area contributed by atoms with Crippen LogP contribution in [0.4, 0.5) is 15.8 Å². The standard InChI is InChI=1S/C15H14FN3O6S2/c1-9-2-4-11(5-3-9)26(22,23)17-10-6-12(16)15(13(20)7-10)19-8-14(21)18-27(19,24)25/h2-7,17,20H,8H2,1H3,(H,18,21). The van der Waals surface area contributed by atoms with Gasteiger partial charge in [-0.2, -0.15) is 8.42 Å². The molecule has 27 heavy (non-hydrogen) atoms. The molecular weight excluding hydrogens is 401 g/mol. The molecule has 0 spiro atoms. The van der Waals surface area contributed by atoms with Gasteiger partial charge in [-0.05, 0) is 19.1 Å². The molecule has 0 aliphatic carbocycles. The van der Waals surface area contributed by atoms with Gasteiger partial charge in [-0.3, -0.25) is 9.52 Å². The molecule has 3 N–H and O–H groups in total. The summed E-state index contributed by atoms with van der Waals surface area (Å²) in [5.74, 6) is -2.97. The molecule has 0 aromatic heterocycles. The summed E-state index contributed by atoms with van der Waals surface area (Å²) in [4.78, 5) is 11.2. The minimum absolute atomic E-state index is 0.0750. The molecule has 0 saturated carbocycles. The Kier molecular flexibility index (Phi) is 4.48. The van der Waals surface area contributed by atoms with E-state index in [1.165, 1.54) is 12.1 Å². The minimum atomic E-state index is -4.33. The molecule has 144 valence electrons. The summed E-state index contributed by atoms with van der Waals surface area (Å²) in [6, 6.07) is 7.43. The number of nitrogens with zero attached hydrogens (tertiary/aromatic N) is 1. The summed E-state index contributed by atoms with van der Waals surface area (Å²) in [7, 11) is -8.39. The van der Waals surface area contributed by atoms with Crippen LogP contribution in [0.25, 0.3) is 0 Å². The largest absolute Gasteiger partial charge is 0.506 e. The molecule has 12 heteroatoms. The van der Waals surface area contributed by atoms with Crippen molar-refractivity contribution in [2.24, 2.45) is 0 Å². The Morgan fingerprint density at radius 1 is 1.22 bits per heavy atom. The Morgan fingerprint density at radius 3 is 2.37 bits per heavy atom. The minimum Gasteiger partial charge on any atom is -0.506 e. The van der Waals surface area contributed by atoms with E-state index in [0.29, 0.717) is 10.4 Å². The van der Waals surface area contributed by atoms with Crippen LogP contribution in [0.2, 0.25) is 0 Å². The molecule has 3 rings (SSSR count). The van der Waals surface area contributed by atoms with Gasteiger partial charge in [-0.15, -0.1) is 0 Å². The molecule has 1 aliphatic heterocycles. The van der Waals surface area contributed by atoms with Crippen LogP contribution in [-0.2, 0) is 25.0 Å². The average Bonchev–Trinajstić information content (AvgIpc) is 2.79. The number of phenols is 1. The van der Waals surface area contributed by atoms with Gasteiger partial charge in [0, 0.05) is 12.1 Å². The molecule has 1 heterocycles. The first-order valence-electron chi connectivity index (χ1n) is 7.45. The van der Waals surface area contributed by atoms with E-state index in [1.807, 2.05) is 0 Å². The maximum absolute atomic E-state index is 14.4. The maximum Gasteiger partial charge on any atom is 0.326 e. The van der Waals surface area contributed by atoms with Gasteiger partial charge in [0.25, 0.3) is 15.9 Å². The predicted octanol–water partition coefficient (Wildman–Crippen LogP) is 0.822. The van der Waals surface area contributed by atoms with Gasteiger partial charge in [0.05, 0.1) is 10.6 Å². The van der Waals surface area contributed by atoms with Crippen LogP contribution in [0.15, 0.2) is 41.3 Å². The van der Waals surface area contributed by atoms with Crippen LogP contribution >= 0.6 is 0 Å². The number of carbonyl (C=O) groups is 1. The number of benzene rings is 2. The van der Waals surface area contributed by atoms with E-state index < -0.39 is 49.9 Å². The van der Waals surface area contributed by atoms with Crippen molar-refractivity contribution >= 4 is 37.5 Å². The highest BCUT2D eigenvalue weighted by atomic mass is 32.2. The number of rotatable bonds is 4. The number of hydrogen-bond acceptors (Lipinski definition) is 6. The Hall–Kier alpha value is -2.86. The fourth-order valence-corrected chi connectivity index (χ4v) is 4.68. The highest BCUT2D eigenvalue weighted by Crippen LogP contribution is 2.36. The van der Waals surface area contributed by atoms with E-state index in [0.717, 1.165) is 11.6 Å². The Labute approximate surface area is 154 Å².